The maximum Gasteiger partial charge on any atom is 0.306 e. The highest BCUT2D eigenvalue weighted by molar-refractivity contribution is 5.70. The van der Waals surface area contributed by atoms with Crippen LogP contribution in [-0.4, -0.2) is 37.9 Å². The molecule has 0 radical (unpaired) electrons. The fourth-order valence-electron chi connectivity index (χ4n) is 6.54. The number of carbonyl (C=O) groups excluding carboxylic acids is 2. The fraction of sp³-hybridized carbons (Fsp3) is 0.765. The summed E-state index contributed by atoms with van der Waals surface area (Å²) in [6.45, 7) is 7.62. The van der Waals surface area contributed by atoms with E-state index in [0.29, 0.717) is 19.4 Å². The van der Waals surface area contributed by atoms with Gasteiger partial charge in [-0.2, -0.15) is 0 Å². The third-order valence-electron chi connectivity index (χ3n) is 10.1. The van der Waals surface area contributed by atoms with Crippen molar-refractivity contribution < 1.29 is 23.8 Å². The van der Waals surface area contributed by atoms with Gasteiger partial charge in [-0.15, -0.1) is 0 Å². The summed E-state index contributed by atoms with van der Waals surface area (Å²) in [5.41, 5.74) is 0. The summed E-state index contributed by atoms with van der Waals surface area (Å²) in [4.78, 5) is 25.0. The molecule has 0 aliphatic heterocycles. The second-order valence-corrected chi connectivity index (χ2v) is 15.6. The SMILES string of the molecule is CC/C=C\C/C=C\C/C=C\C/C=C\C/C=C\CCCCCC(=O)OCC(COCCCCCCCCCCCCCCCCCC)OC(=O)CCCCCCC. The molecule has 0 aromatic carbocycles. The number of unbranched alkanes of at least 4 members (excludes halogenated alkanes) is 22. The van der Waals surface area contributed by atoms with Gasteiger partial charge in [0.05, 0.1) is 6.61 Å². The largest absolute Gasteiger partial charge is 0.462 e. The molecule has 0 heterocycles. The maximum absolute atomic E-state index is 12.5. The average molecular weight is 783 g/mol. The van der Waals surface area contributed by atoms with Gasteiger partial charge in [0.2, 0.25) is 0 Å². The molecule has 0 spiro atoms. The molecule has 0 aliphatic carbocycles. The molecule has 5 heteroatoms. The van der Waals surface area contributed by atoms with Crippen LogP contribution in [0.5, 0.6) is 0 Å². The second-order valence-electron chi connectivity index (χ2n) is 15.6. The Morgan fingerprint density at radius 3 is 1.29 bits per heavy atom. The Labute approximate surface area is 347 Å². The summed E-state index contributed by atoms with van der Waals surface area (Å²) in [5, 5.41) is 0. The van der Waals surface area contributed by atoms with Crippen molar-refractivity contribution >= 4 is 11.9 Å². The topological polar surface area (TPSA) is 61.8 Å². The number of hydrogen-bond acceptors (Lipinski definition) is 5. The van der Waals surface area contributed by atoms with Crippen molar-refractivity contribution in [1.29, 1.82) is 0 Å². The van der Waals surface area contributed by atoms with E-state index < -0.39 is 6.10 Å². The summed E-state index contributed by atoms with van der Waals surface area (Å²) in [6.07, 6.45) is 58.2. The number of esters is 2. The fourth-order valence-corrected chi connectivity index (χ4v) is 6.54. The van der Waals surface area contributed by atoms with E-state index in [1.807, 2.05) is 0 Å². The first kappa shape index (κ1) is 53.6. The molecule has 0 bridgehead atoms. The molecule has 0 fully saturated rings. The van der Waals surface area contributed by atoms with Crippen LogP contribution in [-0.2, 0) is 23.8 Å². The Hall–Kier alpha value is -2.40. The van der Waals surface area contributed by atoms with Gasteiger partial charge in [0, 0.05) is 19.4 Å². The molecule has 0 N–H and O–H groups in total. The van der Waals surface area contributed by atoms with Gasteiger partial charge >= 0.3 is 11.9 Å². The molecule has 1 atom stereocenters. The van der Waals surface area contributed by atoms with Crippen LogP contribution >= 0.6 is 0 Å². The van der Waals surface area contributed by atoms with Crippen LogP contribution < -0.4 is 0 Å². The summed E-state index contributed by atoms with van der Waals surface area (Å²) in [6, 6.07) is 0. The van der Waals surface area contributed by atoms with Crippen LogP contribution in [0.25, 0.3) is 0 Å². The van der Waals surface area contributed by atoms with Gasteiger partial charge in [0.15, 0.2) is 6.10 Å². The van der Waals surface area contributed by atoms with E-state index in [2.05, 4.69) is 81.5 Å². The zero-order valence-corrected chi connectivity index (χ0v) is 37.1. The Balaban J connectivity index is 4.09. The van der Waals surface area contributed by atoms with Crippen molar-refractivity contribution in [2.24, 2.45) is 0 Å². The highest BCUT2D eigenvalue weighted by Crippen LogP contribution is 2.14. The Morgan fingerprint density at radius 2 is 0.804 bits per heavy atom. The number of allylic oxidation sites excluding steroid dienone is 10. The van der Waals surface area contributed by atoms with E-state index >= 15 is 0 Å². The first-order valence-corrected chi connectivity index (χ1v) is 23.8. The predicted molar refractivity (Wildman–Crippen MR) is 242 cm³/mol. The van der Waals surface area contributed by atoms with Gasteiger partial charge in [0.25, 0.3) is 0 Å². The zero-order chi connectivity index (χ0) is 40.7. The molecule has 0 aliphatic rings. The lowest BCUT2D eigenvalue weighted by Gasteiger charge is -2.18. The minimum absolute atomic E-state index is 0.0689. The van der Waals surface area contributed by atoms with Gasteiger partial charge in [-0.05, 0) is 64.2 Å². The van der Waals surface area contributed by atoms with Gasteiger partial charge in [-0.1, -0.05) is 210 Å². The molecule has 0 saturated carbocycles. The molecule has 0 aromatic heterocycles. The van der Waals surface area contributed by atoms with E-state index in [1.165, 1.54) is 103 Å². The Morgan fingerprint density at radius 1 is 0.411 bits per heavy atom. The van der Waals surface area contributed by atoms with E-state index in [-0.39, 0.29) is 25.2 Å². The van der Waals surface area contributed by atoms with Gasteiger partial charge in [0.1, 0.15) is 6.61 Å². The van der Waals surface area contributed by atoms with Crippen LogP contribution in [0, 0.1) is 0 Å². The van der Waals surface area contributed by atoms with Crippen molar-refractivity contribution in [3.8, 4) is 0 Å². The molecule has 0 amide bonds. The first-order chi connectivity index (χ1) is 27.6. The average Bonchev–Trinajstić information content (AvgIpc) is 3.20. The standard InChI is InChI=1S/C51H90O5/c1-4-7-10-13-15-17-19-21-23-25-26-27-28-30-32-34-36-39-41-44-50(52)55-48-49(56-51(53)45-42-38-12-9-6-3)47-54-46-43-40-37-35-33-31-29-24-22-20-18-16-14-11-8-5-2/h7,10,15,17,21,23,26-27,30,32,49H,4-6,8-9,11-14,16,18-20,22,24-25,28-29,31,33-48H2,1-3H3/b10-7-,17-15-,23-21-,27-26-,32-30-. The molecule has 5 nitrogen and oxygen atoms in total. The van der Waals surface area contributed by atoms with Crippen LogP contribution in [0.3, 0.4) is 0 Å². The van der Waals surface area contributed by atoms with Crippen molar-refractivity contribution in [2.45, 2.75) is 232 Å². The van der Waals surface area contributed by atoms with E-state index in [4.69, 9.17) is 14.2 Å². The zero-order valence-electron chi connectivity index (χ0n) is 37.1. The quantitative estimate of drug-likeness (QED) is 0.0350. The van der Waals surface area contributed by atoms with Crippen molar-refractivity contribution in [1.82, 2.24) is 0 Å². The molecule has 0 rings (SSSR count). The van der Waals surface area contributed by atoms with E-state index in [1.54, 1.807) is 0 Å². The lowest BCUT2D eigenvalue weighted by atomic mass is 10.0. The summed E-state index contributed by atoms with van der Waals surface area (Å²) in [7, 11) is 0. The lowest BCUT2D eigenvalue weighted by molar-refractivity contribution is -0.163. The van der Waals surface area contributed by atoms with Gasteiger partial charge < -0.3 is 14.2 Å². The molecular weight excluding hydrogens is 693 g/mol. The Kier molecular flexibility index (Phi) is 45.0. The summed E-state index contributed by atoms with van der Waals surface area (Å²) >= 11 is 0. The van der Waals surface area contributed by atoms with Gasteiger partial charge in [-0.25, -0.2) is 0 Å². The number of ether oxygens (including phenoxy) is 3. The number of hydrogen-bond donors (Lipinski definition) is 0. The van der Waals surface area contributed by atoms with Crippen LogP contribution in [0.4, 0.5) is 0 Å². The third-order valence-corrected chi connectivity index (χ3v) is 10.1. The predicted octanol–water partition coefficient (Wildman–Crippen LogP) is 15.8. The van der Waals surface area contributed by atoms with Crippen molar-refractivity contribution in [2.75, 3.05) is 19.8 Å². The summed E-state index contributed by atoms with van der Waals surface area (Å²) in [5.74, 6) is -0.443. The van der Waals surface area contributed by atoms with Crippen molar-refractivity contribution in [3.05, 3.63) is 60.8 Å². The lowest BCUT2D eigenvalue weighted by Crippen LogP contribution is -2.30. The van der Waals surface area contributed by atoms with Crippen molar-refractivity contribution in [3.63, 3.8) is 0 Å². The Bertz CT molecular complexity index is 977. The molecular formula is C51H90O5. The monoisotopic (exact) mass is 783 g/mol. The highest BCUT2D eigenvalue weighted by atomic mass is 16.6. The smallest absolute Gasteiger partial charge is 0.306 e. The second kappa shape index (κ2) is 47.0. The number of rotatable bonds is 43. The molecule has 324 valence electrons. The van der Waals surface area contributed by atoms with Gasteiger partial charge in [-0.3, -0.25) is 9.59 Å². The normalized spacial score (nSPS) is 12.7. The first-order valence-electron chi connectivity index (χ1n) is 23.8. The molecule has 1 unspecified atom stereocenters. The minimum atomic E-state index is -0.543. The molecule has 0 aromatic rings. The molecule has 0 saturated heterocycles. The van der Waals surface area contributed by atoms with E-state index in [9.17, 15) is 9.59 Å². The van der Waals surface area contributed by atoms with E-state index in [0.717, 1.165) is 89.9 Å². The minimum Gasteiger partial charge on any atom is -0.462 e. The van der Waals surface area contributed by atoms with Crippen LogP contribution in [0.2, 0.25) is 0 Å². The third kappa shape index (κ3) is 44.3. The maximum atomic E-state index is 12.5. The van der Waals surface area contributed by atoms with Crippen LogP contribution in [0.1, 0.15) is 226 Å². The highest BCUT2D eigenvalue weighted by Gasteiger charge is 2.17. The number of carbonyl (C=O) groups is 2. The van der Waals surface area contributed by atoms with Crippen LogP contribution in [0.15, 0.2) is 60.8 Å². The molecule has 56 heavy (non-hydrogen) atoms. The summed E-state index contributed by atoms with van der Waals surface area (Å²) < 4.78 is 17.2.